The minimum absolute atomic E-state index is 0.207. The molecule has 320 valence electrons. The van der Waals surface area contributed by atoms with Gasteiger partial charge in [0, 0.05) is 51.9 Å². The summed E-state index contributed by atoms with van der Waals surface area (Å²) in [6, 6.07) is 38.0. The lowest BCUT2D eigenvalue weighted by Gasteiger charge is -2.41. The largest absolute Gasteiger partial charge is 0.456 e. The number of benzene rings is 6. The molecule has 2 aliphatic rings. The van der Waals surface area contributed by atoms with Crippen molar-refractivity contribution in [2.45, 2.75) is 103 Å². The fourth-order valence-corrected chi connectivity index (χ4v) is 12.6. The number of thiophene rings is 2. The number of furan rings is 2. The number of hydrogen-bond acceptors (Lipinski definition) is 6. The molecule has 7 heteroatoms. The first-order valence-corrected chi connectivity index (χ1v) is 24.7. The zero-order valence-electron chi connectivity index (χ0n) is 37.5. The monoisotopic (exact) mass is 930 g/mol. The van der Waals surface area contributed by atoms with Crippen molar-refractivity contribution in [2.24, 2.45) is 0 Å². The van der Waals surface area contributed by atoms with Crippen LogP contribution in [0.1, 0.15) is 103 Å². The molecule has 0 spiro atoms. The van der Waals surface area contributed by atoms with Gasteiger partial charge in [-0.25, -0.2) is 0 Å². The highest BCUT2D eigenvalue weighted by molar-refractivity contribution is 9.10. The van der Waals surface area contributed by atoms with Crippen molar-refractivity contribution in [1.29, 1.82) is 0 Å². The molecule has 2 aliphatic carbocycles. The van der Waals surface area contributed by atoms with E-state index in [0.29, 0.717) is 10.8 Å². The van der Waals surface area contributed by atoms with Gasteiger partial charge in [-0.1, -0.05) is 104 Å². The molecule has 0 aliphatic heterocycles. The summed E-state index contributed by atoms with van der Waals surface area (Å²) in [7, 11) is 0. The molecular formula is C56H55BrN2O2S2. The molecule has 0 radical (unpaired) electrons. The maximum Gasteiger partial charge on any atom is 0.137 e. The highest BCUT2D eigenvalue weighted by Crippen LogP contribution is 2.50. The van der Waals surface area contributed by atoms with Gasteiger partial charge in [0.25, 0.3) is 0 Å². The van der Waals surface area contributed by atoms with Crippen molar-refractivity contribution < 1.29 is 8.83 Å². The van der Waals surface area contributed by atoms with Crippen LogP contribution >= 0.6 is 38.6 Å². The smallest absolute Gasteiger partial charge is 0.137 e. The Labute approximate surface area is 386 Å². The van der Waals surface area contributed by atoms with Gasteiger partial charge in [0.05, 0.1) is 22.1 Å². The molecular weight excluding hydrogens is 877 g/mol. The summed E-state index contributed by atoms with van der Waals surface area (Å²) in [4.78, 5) is 0. The molecule has 0 atom stereocenters. The van der Waals surface area contributed by atoms with E-state index in [-0.39, 0.29) is 10.8 Å². The molecule has 0 fully saturated rings. The van der Waals surface area contributed by atoms with Gasteiger partial charge in [0.15, 0.2) is 0 Å². The third kappa shape index (κ3) is 7.34. The predicted octanol–water partition coefficient (Wildman–Crippen LogP) is 18.1. The van der Waals surface area contributed by atoms with Crippen molar-refractivity contribution in [3.8, 4) is 0 Å². The summed E-state index contributed by atoms with van der Waals surface area (Å²) in [5, 5.41) is 15.3. The van der Waals surface area contributed by atoms with Gasteiger partial charge in [-0.15, -0.1) is 22.7 Å². The Morgan fingerprint density at radius 3 is 1.51 bits per heavy atom. The fraction of sp³-hybridized carbons (Fsp3) is 0.286. The van der Waals surface area contributed by atoms with E-state index < -0.39 is 0 Å². The van der Waals surface area contributed by atoms with Crippen LogP contribution in [0.3, 0.4) is 0 Å². The molecule has 4 nitrogen and oxygen atoms in total. The second-order valence-electron chi connectivity index (χ2n) is 20.3. The zero-order chi connectivity index (χ0) is 44.1. The minimum Gasteiger partial charge on any atom is -0.456 e. The molecule has 10 aromatic rings. The Morgan fingerprint density at radius 2 is 0.921 bits per heavy atom. The molecule has 3 N–H and O–H groups in total. The molecule has 12 rings (SSSR count). The molecule has 63 heavy (non-hydrogen) atoms. The van der Waals surface area contributed by atoms with Crippen molar-refractivity contribution in [1.82, 2.24) is 0 Å². The topological polar surface area (TPSA) is 64.3 Å². The molecule has 4 heterocycles. The van der Waals surface area contributed by atoms with E-state index in [1.54, 1.807) is 11.1 Å². The Balaban J connectivity index is 0.000000124. The first kappa shape index (κ1) is 41.9. The van der Waals surface area contributed by atoms with Gasteiger partial charge >= 0.3 is 0 Å². The van der Waals surface area contributed by atoms with Gasteiger partial charge in [-0.3, -0.25) is 0 Å². The molecule has 0 unspecified atom stereocenters. The van der Waals surface area contributed by atoms with Crippen LogP contribution in [0, 0.1) is 0 Å². The second kappa shape index (κ2) is 15.3. The van der Waals surface area contributed by atoms with E-state index in [1.807, 2.05) is 83.3 Å². The van der Waals surface area contributed by atoms with Crippen LogP contribution in [0.2, 0.25) is 0 Å². The maximum atomic E-state index is 6.09. The molecule has 0 amide bonds. The lowest BCUT2D eigenvalue weighted by atomic mass is 9.63. The van der Waals surface area contributed by atoms with E-state index in [0.717, 1.165) is 55.3 Å². The Kier molecular flexibility index (Phi) is 10.2. The SMILES string of the molecule is CC1(C)CCC(C)(C)c2cc3c(Br)csc3cc21.CC1(C)CCC(C)(C)c2cc3c(Nc4cccc5oc6ccccc6c45)csc3cc21.Nc1cccc2oc3ccccc3c12. The van der Waals surface area contributed by atoms with Crippen molar-refractivity contribution >= 4 is 120 Å². The van der Waals surface area contributed by atoms with Gasteiger partial charge in [0.1, 0.15) is 22.3 Å². The number of nitrogens with one attached hydrogen (secondary N) is 1. The van der Waals surface area contributed by atoms with Crippen molar-refractivity contribution in [2.75, 3.05) is 11.1 Å². The van der Waals surface area contributed by atoms with E-state index in [2.05, 4.69) is 136 Å². The van der Waals surface area contributed by atoms with Crippen molar-refractivity contribution in [3.05, 3.63) is 147 Å². The lowest BCUT2D eigenvalue weighted by molar-refractivity contribution is 0.332. The average molecular weight is 932 g/mol. The minimum atomic E-state index is 0.207. The summed E-state index contributed by atoms with van der Waals surface area (Å²) < 4.78 is 15.7. The number of para-hydroxylation sites is 2. The number of nitrogen functional groups attached to an aromatic ring is 1. The zero-order valence-corrected chi connectivity index (χ0v) is 40.7. The quantitative estimate of drug-likeness (QED) is 0.170. The molecule has 0 saturated heterocycles. The standard InChI is InChI=1S/C28H27NOS.C16H19BrS.C12H9NO/c1-27(2)12-13-28(3,4)20-15-25-18(14-19(20)27)22(16-31-25)29-21-9-7-11-24-26(21)17-8-5-6-10-23(17)30-24;1-15(2)5-6-16(3,4)12-8-14-10(7-11(12)15)13(17)9-18-14;13-9-5-3-7-11-12(9)8-4-1-2-6-10(8)14-11/h5-11,14-16,29H,12-13H2,1-4H3;7-9H,5-6H2,1-4H3;1-7H,13H2. The van der Waals surface area contributed by atoms with Crippen LogP contribution in [0.4, 0.5) is 17.1 Å². The number of nitrogens with two attached hydrogens (primary N) is 1. The van der Waals surface area contributed by atoms with E-state index in [1.165, 1.54) is 67.1 Å². The van der Waals surface area contributed by atoms with Crippen LogP contribution in [-0.4, -0.2) is 0 Å². The van der Waals surface area contributed by atoms with Crippen LogP contribution in [0.15, 0.2) is 133 Å². The Morgan fingerprint density at radius 1 is 0.476 bits per heavy atom. The highest BCUT2D eigenvalue weighted by atomic mass is 79.9. The molecule has 6 aromatic carbocycles. The third-order valence-electron chi connectivity index (χ3n) is 14.2. The summed E-state index contributed by atoms with van der Waals surface area (Å²) in [5.41, 5.74) is 19.7. The number of rotatable bonds is 2. The van der Waals surface area contributed by atoms with Crippen LogP contribution < -0.4 is 11.1 Å². The predicted molar refractivity (Wildman–Crippen MR) is 277 cm³/mol. The maximum absolute atomic E-state index is 6.09. The van der Waals surface area contributed by atoms with Gasteiger partial charge < -0.3 is 19.9 Å². The van der Waals surface area contributed by atoms with Crippen LogP contribution in [0.25, 0.3) is 64.0 Å². The molecule has 0 bridgehead atoms. The number of fused-ring (bicyclic) bond motifs is 10. The second-order valence-corrected chi connectivity index (χ2v) is 23.0. The van der Waals surface area contributed by atoms with E-state index in [9.17, 15) is 0 Å². The first-order chi connectivity index (χ1) is 30.0. The number of halogens is 1. The summed E-state index contributed by atoms with van der Waals surface area (Å²) in [6.07, 6.45) is 5.03. The van der Waals surface area contributed by atoms with E-state index >= 15 is 0 Å². The normalized spacial score (nSPS) is 17.0. The molecule has 4 aromatic heterocycles. The summed E-state index contributed by atoms with van der Waals surface area (Å²) >= 11 is 7.34. The number of hydrogen-bond donors (Lipinski definition) is 2. The van der Waals surface area contributed by atoms with Crippen molar-refractivity contribution in [3.63, 3.8) is 0 Å². The average Bonchev–Trinajstić information content (AvgIpc) is 4.04. The molecule has 0 saturated carbocycles. The van der Waals surface area contributed by atoms with Gasteiger partial charge in [0.2, 0.25) is 0 Å². The van der Waals surface area contributed by atoms with Gasteiger partial charge in [-0.05, 0) is 146 Å². The first-order valence-electron chi connectivity index (χ1n) is 22.1. The van der Waals surface area contributed by atoms with Gasteiger partial charge in [-0.2, -0.15) is 0 Å². The van der Waals surface area contributed by atoms with Crippen LogP contribution in [-0.2, 0) is 21.7 Å². The summed E-state index contributed by atoms with van der Waals surface area (Å²) in [6.45, 7) is 19.1. The summed E-state index contributed by atoms with van der Waals surface area (Å²) in [5.74, 6) is 0. The Hall–Kier alpha value is -5.08. The Bertz CT molecular complexity index is 3370. The lowest BCUT2D eigenvalue weighted by Crippen LogP contribution is -2.33. The van der Waals surface area contributed by atoms with Crippen LogP contribution in [0.5, 0.6) is 0 Å². The highest BCUT2D eigenvalue weighted by Gasteiger charge is 2.39. The number of anilines is 3. The van der Waals surface area contributed by atoms with E-state index in [4.69, 9.17) is 14.6 Å². The third-order valence-corrected chi connectivity index (χ3v) is 17.0. The fourth-order valence-electron chi connectivity index (χ4n) is 10.1.